The van der Waals surface area contributed by atoms with Crippen LogP contribution >= 0.6 is 0 Å². The summed E-state index contributed by atoms with van der Waals surface area (Å²) in [5.41, 5.74) is 7.50. The van der Waals surface area contributed by atoms with Crippen molar-refractivity contribution in [3.63, 3.8) is 0 Å². The molecule has 1 aromatic rings. The number of rotatable bonds is 1. The second kappa shape index (κ2) is 3.29. The number of aryl methyl sites for hydroxylation is 1. The van der Waals surface area contributed by atoms with Gasteiger partial charge >= 0.3 is 0 Å². The highest BCUT2D eigenvalue weighted by molar-refractivity contribution is 5.97. The van der Waals surface area contributed by atoms with Gasteiger partial charge in [-0.05, 0) is 24.6 Å². The lowest BCUT2D eigenvalue weighted by Gasteiger charge is -2.19. The number of nitrogens with two attached hydrogens (primary N) is 1. The molecule has 4 heteroatoms. The molecule has 3 nitrogen and oxygen atoms in total. The maximum atomic E-state index is 13.0. The monoisotopic (exact) mass is 193 g/mol. The largest absolute Gasteiger partial charge is 0.370 e. The Morgan fingerprint density at radius 1 is 1.50 bits per heavy atom. The van der Waals surface area contributed by atoms with E-state index in [-0.39, 0.29) is 5.82 Å². The van der Waals surface area contributed by atoms with Crippen LogP contribution in [0.5, 0.6) is 0 Å². The van der Waals surface area contributed by atoms with Crippen molar-refractivity contribution >= 4 is 11.6 Å². The summed E-state index contributed by atoms with van der Waals surface area (Å²) in [4.78, 5) is 5.89. The molecule has 0 radical (unpaired) electrons. The van der Waals surface area contributed by atoms with Crippen molar-refractivity contribution in [2.24, 2.45) is 10.7 Å². The SMILES string of the molecule is Cc1ccc(F)cc1N1CCN=C1N. The lowest BCUT2D eigenvalue weighted by Crippen LogP contribution is -2.34. The van der Waals surface area contributed by atoms with Gasteiger partial charge in [-0.25, -0.2) is 4.39 Å². The normalized spacial score (nSPS) is 15.9. The molecule has 14 heavy (non-hydrogen) atoms. The van der Waals surface area contributed by atoms with Crippen LogP contribution in [0.2, 0.25) is 0 Å². The quantitative estimate of drug-likeness (QED) is 0.729. The van der Waals surface area contributed by atoms with Gasteiger partial charge in [0.1, 0.15) is 5.82 Å². The van der Waals surface area contributed by atoms with Gasteiger partial charge in [0.25, 0.3) is 0 Å². The first-order valence-electron chi connectivity index (χ1n) is 4.52. The van der Waals surface area contributed by atoms with Crippen molar-refractivity contribution in [3.05, 3.63) is 29.6 Å². The van der Waals surface area contributed by atoms with Crippen LogP contribution in [-0.2, 0) is 0 Å². The van der Waals surface area contributed by atoms with Gasteiger partial charge in [-0.3, -0.25) is 4.99 Å². The molecular formula is C10H12FN3. The zero-order chi connectivity index (χ0) is 10.1. The maximum absolute atomic E-state index is 13.0. The number of nitrogens with zero attached hydrogens (tertiary/aromatic N) is 2. The lowest BCUT2D eigenvalue weighted by atomic mass is 10.2. The summed E-state index contributed by atoms with van der Waals surface area (Å²) in [7, 11) is 0. The Morgan fingerprint density at radius 3 is 2.93 bits per heavy atom. The summed E-state index contributed by atoms with van der Waals surface area (Å²) in [5, 5.41) is 0. The van der Waals surface area contributed by atoms with Crippen molar-refractivity contribution < 1.29 is 4.39 Å². The summed E-state index contributed by atoms with van der Waals surface area (Å²) in [6.45, 7) is 3.35. The first-order valence-corrected chi connectivity index (χ1v) is 4.52. The molecule has 0 aliphatic carbocycles. The van der Waals surface area contributed by atoms with Crippen LogP contribution in [-0.4, -0.2) is 19.0 Å². The number of hydrogen-bond donors (Lipinski definition) is 1. The van der Waals surface area contributed by atoms with Gasteiger partial charge in [0, 0.05) is 12.2 Å². The second-order valence-corrected chi connectivity index (χ2v) is 3.32. The van der Waals surface area contributed by atoms with Crippen LogP contribution in [0.25, 0.3) is 0 Å². The Labute approximate surface area is 82.0 Å². The fourth-order valence-electron chi connectivity index (χ4n) is 1.58. The highest BCUT2D eigenvalue weighted by Crippen LogP contribution is 2.22. The topological polar surface area (TPSA) is 41.6 Å². The van der Waals surface area contributed by atoms with Crippen molar-refractivity contribution in [1.29, 1.82) is 0 Å². The van der Waals surface area contributed by atoms with Crippen LogP contribution in [0.3, 0.4) is 0 Å². The van der Waals surface area contributed by atoms with Crippen LogP contribution in [0.15, 0.2) is 23.2 Å². The molecule has 1 aliphatic rings. The standard InChI is InChI=1S/C10H12FN3/c1-7-2-3-8(11)6-9(7)14-5-4-13-10(14)12/h2-3,6H,4-5H2,1H3,(H2,12,13). The van der Waals surface area contributed by atoms with E-state index in [9.17, 15) is 4.39 Å². The van der Waals surface area contributed by atoms with Gasteiger partial charge in [-0.1, -0.05) is 6.07 Å². The molecule has 0 saturated carbocycles. The molecule has 2 N–H and O–H groups in total. The van der Waals surface area contributed by atoms with Crippen molar-refractivity contribution in [1.82, 2.24) is 0 Å². The fourth-order valence-corrected chi connectivity index (χ4v) is 1.58. The molecule has 0 atom stereocenters. The number of benzene rings is 1. The molecule has 0 bridgehead atoms. The molecule has 0 unspecified atom stereocenters. The van der Waals surface area contributed by atoms with Crippen LogP contribution < -0.4 is 10.6 Å². The minimum atomic E-state index is -0.245. The first-order chi connectivity index (χ1) is 6.68. The van der Waals surface area contributed by atoms with Gasteiger partial charge in [0.05, 0.1) is 6.54 Å². The molecule has 1 aliphatic heterocycles. The molecule has 74 valence electrons. The highest BCUT2D eigenvalue weighted by atomic mass is 19.1. The summed E-state index contributed by atoms with van der Waals surface area (Å²) in [6.07, 6.45) is 0. The van der Waals surface area contributed by atoms with Crippen molar-refractivity contribution in [2.75, 3.05) is 18.0 Å². The third-order valence-electron chi connectivity index (χ3n) is 2.34. The Balaban J connectivity index is 2.40. The third-order valence-corrected chi connectivity index (χ3v) is 2.34. The number of anilines is 1. The van der Waals surface area contributed by atoms with E-state index in [0.29, 0.717) is 12.5 Å². The van der Waals surface area contributed by atoms with E-state index in [4.69, 9.17) is 5.73 Å². The molecule has 0 saturated heterocycles. The van der Waals surface area contributed by atoms with Crippen LogP contribution in [0.4, 0.5) is 10.1 Å². The minimum absolute atomic E-state index is 0.245. The minimum Gasteiger partial charge on any atom is -0.370 e. The molecule has 0 fully saturated rings. The van der Waals surface area contributed by atoms with Gasteiger partial charge in [0.15, 0.2) is 5.96 Å². The zero-order valence-electron chi connectivity index (χ0n) is 8.00. The van der Waals surface area contributed by atoms with Crippen LogP contribution in [0.1, 0.15) is 5.56 Å². The Hall–Kier alpha value is -1.58. The van der Waals surface area contributed by atoms with E-state index in [1.165, 1.54) is 12.1 Å². The number of guanidine groups is 1. The summed E-state index contributed by atoms with van der Waals surface area (Å²) in [5.74, 6) is 0.226. The molecule has 1 aromatic carbocycles. The molecule has 0 spiro atoms. The summed E-state index contributed by atoms with van der Waals surface area (Å²) in [6, 6.07) is 4.68. The van der Waals surface area contributed by atoms with E-state index in [1.807, 2.05) is 11.8 Å². The zero-order valence-corrected chi connectivity index (χ0v) is 8.00. The summed E-state index contributed by atoms with van der Waals surface area (Å²) < 4.78 is 13.0. The van der Waals surface area contributed by atoms with Crippen molar-refractivity contribution in [2.45, 2.75) is 6.92 Å². The Bertz CT molecular complexity index is 387. The molecule has 2 rings (SSSR count). The smallest absolute Gasteiger partial charge is 0.195 e. The van der Waals surface area contributed by atoms with Crippen molar-refractivity contribution in [3.8, 4) is 0 Å². The van der Waals surface area contributed by atoms with Gasteiger partial charge in [-0.2, -0.15) is 0 Å². The third kappa shape index (κ3) is 1.43. The molecule has 0 aromatic heterocycles. The summed E-state index contributed by atoms with van der Waals surface area (Å²) >= 11 is 0. The van der Waals surface area contributed by atoms with Gasteiger partial charge in [-0.15, -0.1) is 0 Å². The average molecular weight is 193 g/mol. The van der Waals surface area contributed by atoms with E-state index < -0.39 is 0 Å². The van der Waals surface area contributed by atoms with Gasteiger partial charge in [0.2, 0.25) is 0 Å². The van der Waals surface area contributed by atoms with E-state index in [0.717, 1.165) is 17.8 Å². The predicted molar refractivity (Wildman–Crippen MR) is 55.0 cm³/mol. The number of halogens is 1. The van der Waals surface area contributed by atoms with E-state index in [2.05, 4.69) is 4.99 Å². The molecule has 1 heterocycles. The molecule has 0 amide bonds. The Kier molecular flexibility index (Phi) is 2.11. The fraction of sp³-hybridized carbons (Fsp3) is 0.300. The Morgan fingerprint density at radius 2 is 2.29 bits per heavy atom. The van der Waals surface area contributed by atoms with Crippen LogP contribution in [0, 0.1) is 12.7 Å². The average Bonchev–Trinajstić information content (AvgIpc) is 2.56. The maximum Gasteiger partial charge on any atom is 0.195 e. The lowest BCUT2D eigenvalue weighted by molar-refractivity contribution is 0.627. The van der Waals surface area contributed by atoms with E-state index >= 15 is 0 Å². The molecular weight excluding hydrogens is 181 g/mol. The van der Waals surface area contributed by atoms with Gasteiger partial charge < -0.3 is 10.6 Å². The number of hydrogen-bond acceptors (Lipinski definition) is 3. The predicted octanol–water partition coefficient (Wildman–Crippen LogP) is 1.27. The first kappa shape index (κ1) is 8.99. The number of aliphatic imine (C=N–C) groups is 1. The second-order valence-electron chi connectivity index (χ2n) is 3.32. The van der Waals surface area contributed by atoms with E-state index in [1.54, 1.807) is 6.07 Å². The highest BCUT2D eigenvalue weighted by Gasteiger charge is 2.17.